The molecule has 3 aliphatic rings. The summed E-state index contributed by atoms with van der Waals surface area (Å²) in [5, 5.41) is 10.8. The minimum Gasteiger partial charge on any atom is -0.338 e. The monoisotopic (exact) mass is 394 g/mol. The molecule has 0 bridgehead atoms. The number of H-pyrrole nitrogens is 1. The number of rotatable bonds is 6. The second-order valence-electron chi connectivity index (χ2n) is 9.01. The summed E-state index contributed by atoms with van der Waals surface area (Å²) in [5.74, 6) is 2.83. The second-order valence-corrected chi connectivity index (χ2v) is 9.01. The highest BCUT2D eigenvalue weighted by atomic mass is 16.2. The SMILES string of the molecule is CCCNC(=O)N1CC2(CN(Cc3ccccc3)CC2c2nc(C3CC3)n[nH]2)C1. The number of nitrogens with zero attached hydrogens (tertiary/aromatic N) is 4. The van der Waals surface area contributed by atoms with Crippen LogP contribution >= 0.6 is 0 Å². The first-order chi connectivity index (χ1) is 14.2. The highest BCUT2D eigenvalue weighted by Gasteiger charge is 2.56. The van der Waals surface area contributed by atoms with E-state index in [4.69, 9.17) is 4.98 Å². The third-order valence-corrected chi connectivity index (χ3v) is 6.58. The molecule has 154 valence electrons. The maximum absolute atomic E-state index is 12.4. The number of urea groups is 1. The normalized spacial score (nSPS) is 23.3. The van der Waals surface area contributed by atoms with Crippen LogP contribution in [-0.4, -0.2) is 63.7 Å². The summed E-state index contributed by atoms with van der Waals surface area (Å²) in [4.78, 5) is 21.8. The van der Waals surface area contributed by atoms with Gasteiger partial charge >= 0.3 is 6.03 Å². The van der Waals surface area contributed by atoms with Crippen LogP contribution in [0.5, 0.6) is 0 Å². The van der Waals surface area contributed by atoms with Crippen molar-refractivity contribution < 1.29 is 4.79 Å². The van der Waals surface area contributed by atoms with Crippen LogP contribution in [0.1, 0.15) is 55.2 Å². The predicted octanol–water partition coefficient (Wildman–Crippen LogP) is 2.70. The number of aromatic nitrogens is 3. The fraction of sp³-hybridized carbons (Fsp3) is 0.591. The standard InChI is InChI=1S/C22H30N6O/c1-2-10-23-21(29)28-14-22(15-28)13-27(11-16-6-4-3-5-7-16)12-18(22)20-24-19(25-26-20)17-8-9-17/h3-7,17-18H,2,8-15H2,1H3,(H,23,29)(H,24,25,26). The van der Waals surface area contributed by atoms with Crippen molar-refractivity contribution in [3.05, 3.63) is 47.5 Å². The summed E-state index contributed by atoms with van der Waals surface area (Å²) in [7, 11) is 0. The van der Waals surface area contributed by atoms with Crippen LogP contribution in [0.2, 0.25) is 0 Å². The third kappa shape index (κ3) is 3.64. The Labute approximate surface area is 171 Å². The number of benzene rings is 1. The van der Waals surface area contributed by atoms with Gasteiger partial charge in [0.1, 0.15) is 5.82 Å². The van der Waals surface area contributed by atoms with Gasteiger partial charge in [0.25, 0.3) is 0 Å². The Bertz CT molecular complexity index is 855. The van der Waals surface area contributed by atoms with Crippen molar-refractivity contribution in [3.8, 4) is 0 Å². The van der Waals surface area contributed by atoms with E-state index in [2.05, 4.69) is 57.7 Å². The maximum Gasteiger partial charge on any atom is 0.317 e. The lowest BCUT2D eigenvalue weighted by Crippen LogP contribution is -2.63. The highest BCUT2D eigenvalue weighted by molar-refractivity contribution is 5.75. The first-order valence-electron chi connectivity index (χ1n) is 10.9. The molecule has 3 fully saturated rings. The molecular formula is C22H30N6O. The van der Waals surface area contributed by atoms with Gasteiger partial charge < -0.3 is 10.2 Å². The van der Waals surface area contributed by atoms with Crippen molar-refractivity contribution >= 4 is 6.03 Å². The van der Waals surface area contributed by atoms with Crippen LogP contribution in [0.25, 0.3) is 0 Å². The second kappa shape index (κ2) is 7.44. The Morgan fingerprint density at radius 3 is 2.76 bits per heavy atom. The molecule has 2 aliphatic heterocycles. The molecule has 1 aliphatic carbocycles. The van der Waals surface area contributed by atoms with Crippen LogP contribution in [0, 0.1) is 5.41 Å². The summed E-state index contributed by atoms with van der Waals surface area (Å²) in [5.41, 5.74) is 1.40. The number of aromatic amines is 1. The number of amides is 2. The van der Waals surface area contributed by atoms with E-state index in [0.717, 1.165) is 57.3 Å². The highest BCUT2D eigenvalue weighted by Crippen LogP contribution is 2.49. The molecule has 2 amide bonds. The van der Waals surface area contributed by atoms with E-state index in [0.29, 0.717) is 11.8 Å². The van der Waals surface area contributed by atoms with Gasteiger partial charge in [-0.3, -0.25) is 10.00 Å². The van der Waals surface area contributed by atoms with Crippen molar-refractivity contribution in [2.75, 3.05) is 32.7 Å². The molecule has 1 aromatic heterocycles. The smallest absolute Gasteiger partial charge is 0.317 e. The van der Waals surface area contributed by atoms with Crippen LogP contribution in [0.4, 0.5) is 4.79 Å². The number of hydrogen-bond donors (Lipinski definition) is 2. The quantitative estimate of drug-likeness (QED) is 0.790. The minimum atomic E-state index is 0.0639. The van der Waals surface area contributed by atoms with Crippen LogP contribution < -0.4 is 5.32 Å². The average Bonchev–Trinajstić information content (AvgIpc) is 3.31. The zero-order chi connectivity index (χ0) is 19.8. The summed E-state index contributed by atoms with van der Waals surface area (Å²) in [6.07, 6.45) is 3.37. The van der Waals surface area contributed by atoms with Gasteiger partial charge in [0, 0.05) is 56.5 Å². The van der Waals surface area contributed by atoms with E-state index >= 15 is 0 Å². The van der Waals surface area contributed by atoms with E-state index in [9.17, 15) is 4.79 Å². The first kappa shape index (κ1) is 18.6. The number of likely N-dealkylation sites (tertiary alicyclic amines) is 2. The predicted molar refractivity (Wildman–Crippen MR) is 111 cm³/mol. The lowest BCUT2D eigenvalue weighted by molar-refractivity contribution is 0.0251. The van der Waals surface area contributed by atoms with Crippen molar-refractivity contribution in [1.29, 1.82) is 0 Å². The van der Waals surface area contributed by atoms with Crippen LogP contribution in [-0.2, 0) is 6.54 Å². The molecule has 0 radical (unpaired) electrons. The van der Waals surface area contributed by atoms with Gasteiger partial charge in [-0.2, -0.15) is 5.10 Å². The molecular weight excluding hydrogens is 364 g/mol. The summed E-state index contributed by atoms with van der Waals surface area (Å²) in [6, 6.07) is 10.7. The van der Waals surface area contributed by atoms with E-state index in [-0.39, 0.29) is 11.4 Å². The molecule has 2 aromatic rings. The number of hydrogen-bond acceptors (Lipinski definition) is 4. The van der Waals surface area contributed by atoms with Gasteiger partial charge in [-0.25, -0.2) is 9.78 Å². The lowest BCUT2D eigenvalue weighted by Gasteiger charge is -2.50. The zero-order valence-corrected chi connectivity index (χ0v) is 17.1. The fourth-order valence-electron chi connectivity index (χ4n) is 4.90. The summed E-state index contributed by atoms with van der Waals surface area (Å²) < 4.78 is 0. The van der Waals surface area contributed by atoms with E-state index in [1.165, 1.54) is 18.4 Å². The Balaban J connectivity index is 1.33. The molecule has 7 nitrogen and oxygen atoms in total. The Morgan fingerprint density at radius 1 is 1.24 bits per heavy atom. The van der Waals surface area contributed by atoms with Gasteiger partial charge in [0.05, 0.1) is 0 Å². The molecule has 2 N–H and O–H groups in total. The Kier molecular flexibility index (Phi) is 4.78. The minimum absolute atomic E-state index is 0.0639. The van der Waals surface area contributed by atoms with Gasteiger partial charge in [-0.1, -0.05) is 37.3 Å². The molecule has 1 saturated carbocycles. The molecule has 1 spiro atoms. The van der Waals surface area contributed by atoms with E-state index in [1.807, 2.05) is 4.90 Å². The zero-order valence-electron chi connectivity index (χ0n) is 17.1. The number of carbonyl (C=O) groups excluding carboxylic acids is 1. The molecule has 1 unspecified atom stereocenters. The van der Waals surface area contributed by atoms with Crippen molar-refractivity contribution in [2.45, 2.75) is 44.6 Å². The third-order valence-electron chi connectivity index (χ3n) is 6.58. The lowest BCUT2D eigenvalue weighted by atomic mass is 9.71. The number of carbonyl (C=O) groups is 1. The van der Waals surface area contributed by atoms with Crippen molar-refractivity contribution in [1.82, 2.24) is 30.3 Å². The van der Waals surface area contributed by atoms with Gasteiger partial charge in [0.2, 0.25) is 0 Å². The average molecular weight is 395 g/mol. The van der Waals surface area contributed by atoms with E-state index in [1.54, 1.807) is 0 Å². The number of nitrogens with one attached hydrogen (secondary N) is 2. The van der Waals surface area contributed by atoms with Crippen LogP contribution in [0.15, 0.2) is 30.3 Å². The molecule has 29 heavy (non-hydrogen) atoms. The Morgan fingerprint density at radius 2 is 2.03 bits per heavy atom. The van der Waals surface area contributed by atoms with Crippen molar-refractivity contribution in [3.63, 3.8) is 0 Å². The molecule has 3 heterocycles. The Hall–Kier alpha value is -2.41. The fourth-order valence-corrected chi connectivity index (χ4v) is 4.90. The first-order valence-corrected chi connectivity index (χ1v) is 10.9. The molecule has 1 atom stereocenters. The molecule has 1 aromatic carbocycles. The van der Waals surface area contributed by atoms with E-state index < -0.39 is 0 Å². The van der Waals surface area contributed by atoms with Gasteiger partial charge in [-0.15, -0.1) is 0 Å². The molecule has 2 saturated heterocycles. The maximum atomic E-state index is 12.4. The van der Waals surface area contributed by atoms with Gasteiger partial charge in [-0.05, 0) is 24.8 Å². The van der Waals surface area contributed by atoms with Crippen molar-refractivity contribution in [2.24, 2.45) is 5.41 Å². The largest absolute Gasteiger partial charge is 0.338 e. The van der Waals surface area contributed by atoms with Gasteiger partial charge in [0.15, 0.2) is 5.82 Å². The summed E-state index contributed by atoms with van der Waals surface area (Å²) >= 11 is 0. The molecule has 5 rings (SSSR count). The van der Waals surface area contributed by atoms with Crippen LogP contribution in [0.3, 0.4) is 0 Å². The summed E-state index contributed by atoms with van der Waals surface area (Å²) in [6.45, 7) is 7.27. The molecule has 7 heteroatoms. The topological polar surface area (TPSA) is 77.2 Å².